The molecule has 1 atom stereocenters. The van der Waals surface area contributed by atoms with Crippen LogP contribution < -0.4 is 0 Å². The minimum absolute atomic E-state index is 0.0976. The number of esters is 1. The first kappa shape index (κ1) is 31.4. The molecule has 0 unspecified atom stereocenters. The van der Waals surface area contributed by atoms with Gasteiger partial charge in [-0.25, -0.2) is 9.18 Å². The molecule has 1 saturated carbocycles. The van der Waals surface area contributed by atoms with Crippen LogP contribution >= 0.6 is 0 Å². The number of rotatable bonds is 18. The van der Waals surface area contributed by atoms with Crippen molar-refractivity contribution in [3.63, 3.8) is 0 Å². The van der Waals surface area contributed by atoms with Crippen molar-refractivity contribution >= 4 is 5.97 Å². The van der Waals surface area contributed by atoms with Gasteiger partial charge in [0.25, 0.3) is 0 Å². The van der Waals surface area contributed by atoms with Gasteiger partial charge in [0, 0.05) is 0 Å². The van der Waals surface area contributed by atoms with Gasteiger partial charge in [0.2, 0.25) is 0 Å². The van der Waals surface area contributed by atoms with Crippen LogP contribution in [0.3, 0.4) is 0 Å². The first-order valence-electron chi connectivity index (χ1n) is 16.1. The summed E-state index contributed by atoms with van der Waals surface area (Å²) in [6, 6.07) is 18.2. The van der Waals surface area contributed by atoms with E-state index in [-0.39, 0.29) is 12.5 Å². The third-order valence-corrected chi connectivity index (χ3v) is 8.54. The number of carbonyl (C=O) groups is 1. The number of hydrogen-bond acceptors (Lipinski definition) is 2. The molecule has 0 amide bonds. The second-order valence-corrected chi connectivity index (χ2v) is 11.8. The van der Waals surface area contributed by atoms with Crippen molar-refractivity contribution in [2.75, 3.05) is 0 Å². The zero-order valence-electron chi connectivity index (χ0n) is 24.8. The van der Waals surface area contributed by atoms with Crippen molar-refractivity contribution in [2.24, 2.45) is 5.92 Å². The Kier molecular flexibility index (Phi) is 14.7. The highest BCUT2D eigenvalue weighted by Gasteiger charge is 2.27. The molecule has 0 heterocycles. The van der Waals surface area contributed by atoms with Gasteiger partial charge < -0.3 is 4.74 Å². The summed E-state index contributed by atoms with van der Waals surface area (Å²) in [5.41, 5.74) is 5.41. The number of carbonyl (C=O) groups excluding carboxylic acids is 1. The fraction of sp³-hybridized carbons (Fsp3) is 0.639. The zero-order valence-corrected chi connectivity index (χ0v) is 24.8. The van der Waals surface area contributed by atoms with Crippen molar-refractivity contribution in [2.45, 2.75) is 142 Å². The number of aryl methyl sites for hydroxylation is 2. The third kappa shape index (κ3) is 11.9. The number of unbranched alkanes of at least 4 members (excludes halogenated alkanes) is 8. The molecule has 1 aliphatic carbocycles. The predicted molar refractivity (Wildman–Crippen MR) is 163 cm³/mol. The molecule has 2 aromatic carbocycles. The van der Waals surface area contributed by atoms with E-state index in [1.165, 1.54) is 80.0 Å². The molecular formula is C36H53FO2. The minimum Gasteiger partial charge on any atom is -0.460 e. The van der Waals surface area contributed by atoms with Crippen LogP contribution in [-0.4, -0.2) is 18.2 Å². The van der Waals surface area contributed by atoms with E-state index in [4.69, 9.17) is 4.74 Å². The molecule has 39 heavy (non-hydrogen) atoms. The van der Waals surface area contributed by atoms with E-state index >= 15 is 0 Å². The first-order valence-corrected chi connectivity index (χ1v) is 16.1. The Labute approximate surface area is 238 Å². The van der Waals surface area contributed by atoms with Gasteiger partial charge in [0.1, 0.15) is 6.10 Å². The second-order valence-electron chi connectivity index (χ2n) is 11.8. The van der Waals surface area contributed by atoms with Gasteiger partial charge in [-0.15, -0.1) is 0 Å². The van der Waals surface area contributed by atoms with Gasteiger partial charge in [0.15, 0.2) is 6.17 Å². The van der Waals surface area contributed by atoms with E-state index in [0.717, 1.165) is 51.4 Å². The van der Waals surface area contributed by atoms with Crippen molar-refractivity contribution < 1.29 is 13.9 Å². The van der Waals surface area contributed by atoms with Gasteiger partial charge in [-0.2, -0.15) is 0 Å². The quantitative estimate of drug-likeness (QED) is 0.140. The molecule has 1 fully saturated rings. The van der Waals surface area contributed by atoms with Crippen LogP contribution in [0.5, 0.6) is 0 Å². The lowest BCUT2D eigenvalue weighted by Gasteiger charge is -2.28. The largest absolute Gasteiger partial charge is 0.460 e. The SMILES string of the molecule is CCCCCCCCCCc1ccc(-c2ccc(CCC3CCC(OC(=O)[C@@H](F)CCCC)CC3)cc2)cc1. The maximum Gasteiger partial charge on any atom is 0.340 e. The van der Waals surface area contributed by atoms with E-state index in [2.05, 4.69) is 55.5 Å². The summed E-state index contributed by atoms with van der Waals surface area (Å²) in [5, 5.41) is 0. The molecule has 0 saturated heterocycles. The Hall–Kier alpha value is -2.16. The number of benzene rings is 2. The summed E-state index contributed by atoms with van der Waals surface area (Å²) in [4.78, 5) is 12.0. The highest BCUT2D eigenvalue weighted by Crippen LogP contribution is 2.30. The smallest absolute Gasteiger partial charge is 0.340 e. The molecule has 0 radical (unpaired) electrons. The van der Waals surface area contributed by atoms with Crippen LogP contribution in [-0.2, 0) is 22.4 Å². The van der Waals surface area contributed by atoms with E-state index in [1.54, 1.807) is 0 Å². The van der Waals surface area contributed by atoms with E-state index in [0.29, 0.717) is 5.92 Å². The van der Waals surface area contributed by atoms with E-state index in [1.807, 2.05) is 6.92 Å². The van der Waals surface area contributed by atoms with Crippen LogP contribution in [0.15, 0.2) is 48.5 Å². The average Bonchev–Trinajstić information content (AvgIpc) is 2.97. The molecule has 2 aromatic rings. The molecule has 3 heteroatoms. The number of alkyl halides is 1. The minimum atomic E-state index is -1.46. The van der Waals surface area contributed by atoms with Gasteiger partial charge >= 0.3 is 5.97 Å². The Morgan fingerprint density at radius 2 is 1.23 bits per heavy atom. The lowest BCUT2D eigenvalue weighted by atomic mass is 9.83. The number of hydrogen-bond donors (Lipinski definition) is 0. The number of ether oxygens (including phenoxy) is 1. The van der Waals surface area contributed by atoms with Crippen LogP contribution in [0.1, 0.15) is 128 Å². The molecule has 1 aliphatic rings. The molecule has 216 valence electrons. The molecule has 0 bridgehead atoms. The maximum absolute atomic E-state index is 13.9. The summed E-state index contributed by atoms with van der Waals surface area (Å²) in [6.07, 6.45) is 18.6. The van der Waals surface area contributed by atoms with Crippen LogP contribution in [0.25, 0.3) is 11.1 Å². The molecule has 0 N–H and O–H groups in total. The van der Waals surface area contributed by atoms with Crippen LogP contribution in [0.2, 0.25) is 0 Å². The zero-order chi connectivity index (χ0) is 27.7. The van der Waals surface area contributed by atoms with Crippen molar-refractivity contribution in [3.8, 4) is 11.1 Å². The molecule has 0 aromatic heterocycles. The first-order chi connectivity index (χ1) is 19.1. The third-order valence-electron chi connectivity index (χ3n) is 8.54. The van der Waals surface area contributed by atoms with Crippen molar-refractivity contribution in [1.82, 2.24) is 0 Å². The maximum atomic E-state index is 13.9. The Bertz CT molecular complexity index is 912. The monoisotopic (exact) mass is 536 g/mol. The summed E-state index contributed by atoms with van der Waals surface area (Å²) >= 11 is 0. The molecular weight excluding hydrogens is 483 g/mol. The summed E-state index contributed by atoms with van der Waals surface area (Å²) in [7, 11) is 0. The normalized spacial score (nSPS) is 18.1. The van der Waals surface area contributed by atoms with Crippen LogP contribution in [0.4, 0.5) is 4.39 Å². The lowest BCUT2D eigenvalue weighted by Crippen LogP contribution is -2.29. The molecule has 3 rings (SSSR count). The van der Waals surface area contributed by atoms with Crippen molar-refractivity contribution in [3.05, 3.63) is 59.7 Å². The molecule has 0 aliphatic heterocycles. The lowest BCUT2D eigenvalue weighted by molar-refractivity contribution is -0.157. The Balaban J connectivity index is 1.32. The predicted octanol–water partition coefficient (Wildman–Crippen LogP) is 10.6. The highest BCUT2D eigenvalue weighted by molar-refractivity contribution is 5.74. The molecule has 2 nitrogen and oxygen atoms in total. The van der Waals surface area contributed by atoms with E-state index in [9.17, 15) is 9.18 Å². The van der Waals surface area contributed by atoms with Gasteiger partial charge in [0.05, 0.1) is 0 Å². The Morgan fingerprint density at radius 1 is 0.718 bits per heavy atom. The fourth-order valence-corrected chi connectivity index (χ4v) is 5.84. The standard InChI is InChI=1S/C36H53FO2/c1-3-5-7-8-9-10-11-12-13-29-17-23-32(24-18-29)33-25-19-30(20-26-33)15-16-31-21-27-34(28-22-31)39-36(38)35(37)14-6-4-2/h17-20,23-26,31,34-35H,3-16,21-22,27-28H2,1-2H3/t31?,34?,35-/m0/s1. The highest BCUT2D eigenvalue weighted by atomic mass is 19.1. The fourth-order valence-electron chi connectivity index (χ4n) is 5.84. The van der Waals surface area contributed by atoms with Crippen LogP contribution in [0, 0.1) is 5.92 Å². The van der Waals surface area contributed by atoms with Gasteiger partial charge in [-0.05, 0) is 86.0 Å². The number of halogens is 1. The van der Waals surface area contributed by atoms with E-state index < -0.39 is 12.1 Å². The Morgan fingerprint density at radius 3 is 1.79 bits per heavy atom. The topological polar surface area (TPSA) is 26.3 Å². The van der Waals surface area contributed by atoms with Crippen molar-refractivity contribution in [1.29, 1.82) is 0 Å². The molecule has 0 spiro atoms. The second kappa shape index (κ2) is 18.2. The average molecular weight is 537 g/mol. The summed E-state index contributed by atoms with van der Waals surface area (Å²) in [6.45, 7) is 4.28. The summed E-state index contributed by atoms with van der Waals surface area (Å²) in [5.74, 6) is 0.0135. The van der Waals surface area contributed by atoms with Gasteiger partial charge in [-0.1, -0.05) is 120 Å². The van der Waals surface area contributed by atoms with Gasteiger partial charge in [-0.3, -0.25) is 0 Å². The summed E-state index contributed by atoms with van der Waals surface area (Å²) < 4.78 is 19.4.